The van der Waals surface area contributed by atoms with Gasteiger partial charge < -0.3 is 4.74 Å². The maximum absolute atomic E-state index is 5.12. The van der Waals surface area contributed by atoms with Gasteiger partial charge in [0, 0.05) is 5.22 Å². The predicted molar refractivity (Wildman–Crippen MR) is 52.4 cm³/mol. The molecule has 0 aliphatic carbocycles. The monoisotopic (exact) mass is 160 g/mol. The molecule has 0 fully saturated rings. The fraction of sp³-hybridized carbons (Fsp3) is 0.0909. The second-order valence-electron chi connectivity index (χ2n) is 2.43. The van der Waals surface area contributed by atoms with E-state index in [1.165, 1.54) is 0 Å². The van der Waals surface area contributed by atoms with Gasteiger partial charge in [0.05, 0.1) is 7.11 Å². The molecule has 1 rings (SSSR count). The number of benzene rings is 1. The molecule has 0 bridgehead atoms. The first-order chi connectivity index (χ1) is 5.79. The SMILES string of the molecule is C=C/C=c1/cccc(OC)c1=C. The van der Waals surface area contributed by atoms with Gasteiger partial charge in [-0.2, -0.15) is 0 Å². The van der Waals surface area contributed by atoms with Gasteiger partial charge in [-0.3, -0.25) is 0 Å². The number of hydrogen-bond donors (Lipinski definition) is 0. The van der Waals surface area contributed by atoms with Crippen molar-refractivity contribution in [3.05, 3.63) is 41.3 Å². The molecular formula is C11H12O. The van der Waals surface area contributed by atoms with Gasteiger partial charge in [0.1, 0.15) is 5.75 Å². The molecule has 0 aliphatic heterocycles. The fourth-order valence-electron chi connectivity index (χ4n) is 1.06. The molecule has 1 nitrogen and oxygen atoms in total. The number of rotatable bonds is 2. The molecule has 0 unspecified atom stereocenters. The Morgan fingerprint density at radius 3 is 2.75 bits per heavy atom. The molecule has 0 heterocycles. The van der Waals surface area contributed by atoms with Crippen molar-refractivity contribution >= 4 is 12.7 Å². The molecule has 0 atom stereocenters. The van der Waals surface area contributed by atoms with E-state index >= 15 is 0 Å². The molecule has 0 saturated carbocycles. The molecule has 12 heavy (non-hydrogen) atoms. The maximum atomic E-state index is 5.12. The molecule has 0 spiro atoms. The van der Waals surface area contributed by atoms with Gasteiger partial charge in [-0.05, 0) is 11.3 Å². The van der Waals surface area contributed by atoms with Gasteiger partial charge in [-0.1, -0.05) is 37.4 Å². The minimum atomic E-state index is 0.811. The van der Waals surface area contributed by atoms with E-state index in [1.54, 1.807) is 13.2 Å². The van der Waals surface area contributed by atoms with E-state index in [9.17, 15) is 0 Å². The first-order valence-electron chi connectivity index (χ1n) is 3.74. The van der Waals surface area contributed by atoms with E-state index in [2.05, 4.69) is 13.2 Å². The molecule has 0 amide bonds. The molecule has 1 heteroatoms. The molecule has 0 N–H and O–H groups in total. The van der Waals surface area contributed by atoms with E-state index in [0.717, 1.165) is 16.2 Å². The highest BCUT2D eigenvalue weighted by Crippen LogP contribution is 1.95. The van der Waals surface area contributed by atoms with Crippen LogP contribution in [-0.4, -0.2) is 7.11 Å². The molecule has 1 aromatic carbocycles. The summed E-state index contributed by atoms with van der Waals surface area (Å²) in [5.74, 6) is 0.811. The summed E-state index contributed by atoms with van der Waals surface area (Å²) in [6, 6.07) is 5.80. The van der Waals surface area contributed by atoms with Crippen LogP contribution in [0.1, 0.15) is 0 Å². The molecule has 0 aliphatic rings. The van der Waals surface area contributed by atoms with Crippen LogP contribution in [0.2, 0.25) is 0 Å². The highest BCUT2D eigenvalue weighted by Gasteiger charge is 1.90. The van der Waals surface area contributed by atoms with Crippen molar-refractivity contribution in [2.45, 2.75) is 0 Å². The zero-order chi connectivity index (χ0) is 8.97. The molecule has 0 aromatic heterocycles. The van der Waals surface area contributed by atoms with Crippen LogP contribution >= 0.6 is 0 Å². The summed E-state index contributed by atoms with van der Waals surface area (Å²) in [6.45, 7) is 7.53. The number of allylic oxidation sites excluding steroid dienone is 1. The van der Waals surface area contributed by atoms with Crippen molar-refractivity contribution < 1.29 is 4.74 Å². The Labute approximate surface area is 72.3 Å². The van der Waals surface area contributed by atoms with Crippen molar-refractivity contribution in [3.63, 3.8) is 0 Å². The van der Waals surface area contributed by atoms with Crippen molar-refractivity contribution in [1.29, 1.82) is 0 Å². The summed E-state index contributed by atoms with van der Waals surface area (Å²) in [4.78, 5) is 0. The quantitative estimate of drug-likeness (QED) is 0.629. The largest absolute Gasteiger partial charge is 0.496 e. The van der Waals surface area contributed by atoms with Gasteiger partial charge >= 0.3 is 0 Å². The van der Waals surface area contributed by atoms with E-state index in [-0.39, 0.29) is 0 Å². The second kappa shape index (κ2) is 3.77. The highest BCUT2D eigenvalue weighted by molar-refractivity contribution is 5.40. The van der Waals surface area contributed by atoms with Gasteiger partial charge in [0.2, 0.25) is 0 Å². The lowest BCUT2D eigenvalue weighted by atomic mass is 10.2. The van der Waals surface area contributed by atoms with E-state index in [4.69, 9.17) is 4.74 Å². The first kappa shape index (κ1) is 8.60. The lowest BCUT2D eigenvalue weighted by Crippen LogP contribution is -2.23. The minimum Gasteiger partial charge on any atom is -0.496 e. The third-order valence-corrected chi connectivity index (χ3v) is 1.69. The van der Waals surface area contributed by atoms with Crippen LogP contribution < -0.4 is 15.2 Å². The molecule has 62 valence electrons. The lowest BCUT2D eigenvalue weighted by molar-refractivity contribution is 0.411. The summed E-state index contributed by atoms with van der Waals surface area (Å²) in [6.07, 6.45) is 3.65. The van der Waals surface area contributed by atoms with Gasteiger partial charge in [-0.25, -0.2) is 0 Å². The number of ether oxygens (including phenoxy) is 1. The Morgan fingerprint density at radius 1 is 1.42 bits per heavy atom. The van der Waals surface area contributed by atoms with Crippen LogP contribution in [0.4, 0.5) is 0 Å². The van der Waals surface area contributed by atoms with E-state index in [1.807, 2.05) is 24.3 Å². The smallest absolute Gasteiger partial charge is 0.126 e. The Bertz CT molecular complexity index is 376. The minimum absolute atomic E-state index is 0.811. The Hall–Kier alpha value is -1.50. The fourth-order valence-corrected chi connectivity index (χ4v) is 1.06. The average Bonchev–Trinajstić information content (AvgIpc) is 2.09. The van der Waals surface area contributed by atoms with Crippen LogP contribution in [0.15, 0.2) is 30.9 Å². The Kier molecular flexibility index (Phi) is 2.70. The highest BCUT2D eigenvalue weighted by atomic mass is 16.5. The summed E-state index contributed by atoms with van der Waals surface area (Å²) >= 11 is 0. The van der Waals surface area contributed by atoms with Crippen LogP contribution in [0.25, 0.3) is 12.7 Å². The zero-order valence-electron chi connectivity index (χ0n) is 7.21. The third-order valence-electron chi connectivity index (χ3n) is 1.69. The molecule has 0 radical (unpaired) electrons. The van der Waals surface area contributed by atoms with Gasteiger partial charge in [-0.15, -0.1) is 0 Å². The van der Waals surface area contributed by atoms with E-state index < -0.39 is 0 Å². The standard InChI is InChI=1S/C11H12O/c1-4-6-10-7-5-8-11(12-3)9(10)2/h4-8H,1-2H2,3H3/b10-6-. The zero-order valence-corrected chi connectivity index (χ0v) is 7.21. The average molecular weight is 160 g/mol. The predicted octanol–water partition coefficient (Wildman–Crippen LogP) is 1.07. The first-order valence-corrected chi connectivity index (χ1v) is 3.74. The van der Waals surface area contributed by atoms with Crippen LogP contribution in [0.5, 0.6) is 5.75 Å². The summed E-state index contributed by atoms with van der Waals surface area (Å²) in [5, 5.41) is 1.95. The second-order valence-corrected chi connectivity index (χ2v) is 2.43. The Balaban J connectivity index is 3.43. The number of hydrogen-bond acceptors (Lipinski definition) is 1. The van der Waals surface area contributed by atoms with Crippen molar-refractivity contribution in [1.82, 2.24) is 0 Å². The summed E-state index contributed by atoms with van der Waals surface area (Å²) < 4.78 is 5.12. The molecule has 1 aromatic rings. The third kappa shape index (κ3) is 1.56. The van der Waals surface area contributed by atoms with Crippen molar-refractivity contribution in [3.8, 4) is 5.75 Å². The lowest BCUT2D eigenvalue weighted by Gasteiger charge is -1.98. The normalized spacial score (nSPS) is 11.2. The molecular weight excluding hydrogens is 148 g/mol. The summed E-state index contributed by atoms with van der Waals surface area (Å²) in [7, 11) is 1.64. The van der Waals surface area contributed by atoms with Crippen molar-refractivity contribution in [2.24, 2.45) is 0 Å². The van der Waals surface area contributed by atoms with Crippen LogP contribution in [-0.2, 0) is 0 Å². The topological polar surface area (TPSA) is 9.23 Å². The Morgan fingerprint density at radius 2 is 2.17 bits per heavy atom. The number of methoxy groups -OCH3 is 1. The van der Waals surface area contributed by atoms with Crippen LogP contribution in [0, 0.1) is 0 Å². The van der Waals surface area contributed by atoms with Gasteiger partial charge in [0.15, 0.2) is 0 Å². The summed E-state index contributed by atoms with van der Waals surface area (Å²) in [5.41, 5.74) is 0. The van der Waals surface area contributed by atoms with Gasteiger partial charge in [0.25, 0.3) is 0 Å². The molecule has 0 saturated heterocycles. The van der Waals surface area contributed by atoms with Crippen LogP contribution in [0.3, 0.4) is 0 Å². The van der Waals surface area contributed by atoms with E-state index in [0.29, 0.717) is 0 Å². The van der Waals surface area contributed by atoms with Crippen molar-refractivity contribution in [2.75, 3.05) is 7.11 Å². The maximum Gasteiger partial charge on any atom is 0.126 e.